The van der Waals surface area contributed by atoms with Crippen molar-refractivity contribution in [2.24, 2.45) is 5.92 Å². The molecular formula is C12H15ClN2O. The summed E-state index contributed by atoms with van der Waals surface area (Å²) in [6.45, 7) is 2.65. The zero-order chi connectivity index (χ0) is 11.5. The maximum atomic E-state index is 12.0. The van der Waals surface area contributed by atoms with E-state index in [-0.39, 0.29) is 5.91 Å². The summed E-state index contributed by atoms with van der Waals surface area (Å²) in [7, 11) is 1.93. The fourth-order valence-corrected chi connectivity index (χ4v) is 2.15. The molecule has 1 saturated heterocycles. The Labute approximate surface area is 100 Å². The van der Waals surface area contributed by atoms with E-state index in [4.69, 9.17) is 11.6 Å². The normalized spacial score (nSPS) is 16.0. The number of hydrogen-bond acceptors (Lipinski definition) is 2. The molecule has 0 atom stereocenters. The van der Waals surface area contributed by atoms with Gasteiger partial charge in [-0.15, -0.1) is 0 Å². The van der Waals surface area contributed by atoms with Gasteiger partial charge in [-0.2, -0.15) is 0 Å². The SMILES string of the molecule is CNCC1CN(C(=O)c2cccc(Cl)c2)C1. The van der Waals surface area contributed by atoms with Gasteiger partial charge < -0.3 is 10.2 Å². The van der Waals surface area contributed by atoms with Crippen molar-refractivity contribution in [2.75, 3.05) is 26.7 Å². The highest BCUT2D eigenvalue weighted by molar-refractivity contribution is 6.30. The van der Waals surface area contributed by atoms with E-state index in [0.717, 1.165) is 19.6 Å². The second-order valence-corrected chi connectivity index (χ2v) is 4.58. The molecule has 1 aliphatic heterocycles. The molecule has 2 rings (SSSR count). The lowest BCUT2D eigenvalue weighted by atomic mass is 9.99. The molecule has 0 spiro atoms. The van der Waals surface area contributed by atoms with E-state index in [1.165, 1.54) is 0 Å². The molecule has 86 valence electrons. The number of nitrogens with zero attached hydrogens (tertiary/aromatic N) is 1. The van der Waals surface area contributed by atoms with Gasteiger partial charge in [0.2, 0.25) is 0 Å². The van der Waals surface area contributed by atoms with Gasteiger partial charge in [0.1, 0.15) is 0 Å². The van der Waals surface area contributed by atoms with Crippen molar-refractivity contribution >= 4 is 17.5 Å². The fraction of sp³-hybridized carbons (Fsp3) is 0.417. The number of carbonyl (C=O) groups excluding carboxylic acids is 1. The lowest BCUT2D eigenvalue weighted by Gasteiger charge is -2.39. The van der Waals surface area contributed by atoms with Crippen LogP contribution in [0.1, 0.15) is 10.4 Å². The number of nitrogens with one attached hydrogen (secondary N) is 1. The molecule has 1 heterocycles. The minimum Gasteiger partial charge on any atom is -0.338 e. The third kappa shape index (κ3) is 2.36. The summed E-state index contributed by atoms with van der Waals surface area (Å²) in [6.07, 6.45) is 0. The number of likely N-dealkylation sites (tertiary alicyclic amines) is 1. The Balaban J connectivity index is 1.95. The first kappa shape index (κ1) is 11.4. The van der Waals surface area contributed by atoms with Gasteiger partial charge in [0, 0.05) is 36.1 Å². The second kappa shape index (κ2) is 4.85. The molecule has 1 aliphatic rings. The maximum absolute atomic E-state index is 12.0. The minimum absolute atomic E-state index is 0.0786. The molecule has 0 aromatic heterocycles. The third-order valence-electron chi connectivity index (χ3n) is 2.81. The smallest absolute Gasteiger partial charge is 0.253 e. The molecule has 3 nitrogen and oxygen atoms in total. The topological polar surface area (TPSA) is 32.3 Å². The molecule has 16 heavy (non-hydrogen) atoms. The number of hydrogen-bond donors (Lipinski definition) is 1. The van der Waals surface area contributed by atoms with Crippen LogP contribution in [0, 0.1) is 5.92 Å². The van der Waals surface area contributed by atoms with Crippen molar-refractivity contribution in [3.8, 4) is 0 Å². The Morgan fingerprint density at radius 1 is 1.56 bits per heavy atom. The Kier molecular flexibility index (Phi) is 3.46. The van der Waals surface area contributed by atoms with Crippen LogP contribution in [-0.4, -0.2) is 37.5 Å². The molecule has 0 saturated carbocycles. The van der Waals surface area contributed by atoms with Crippen LogP contribution >= 0.6 is 11.6 Å². The number of halogens is 1. The summed E-state index contributed by atoms with van der Waals surface area (Å²) in [4.78, 5) is 13.8. The summed E-state index contributed by atoms with van der Waals surface area (Å²) in [5.74, 6) is 0.669. The highest BCUT2D eigenvalue weighted by Gasteiger charge is 2.30. The third-order valence-corrected chi connectivity index (χ3v) is 3.04. The molecule has 1 fully saturated rings. The van der Waals surface area contributed by atoms with Crippen molar-refractivity contribution in [3.63, 3.8) is 0 Å². The number of rotatable bonds is 3. The van der Waals surface area contributed by atoms with E-state index >= 15 is 0 Å². The summed E-state index contributed by atoms with van der Waals surface area (Å²) in [6, 6.07) is 7.10. The molecule has 1 aromatic rings. The van der Waals surface area contributed by atoms with E-state index in [9.17, 15) is 4.79 Å². The fourth-order valence-electron chi connectivity index (χ4n) is 1.96. The maximum Gasteiger partial charge on any atom is 0.253 e. The van der Waals surface area contributed by atoms with Gasteiger partial charge in [-0.25, -0.2) is 0 Å². The molecule has 0 bridgehead atoms. The van der Waals surface area contributed by atoms with Crippen LogP contribution in [0.2, 0.25) is 5.02 Å². The van der Waals surface area contributed by atoms with Crippen LogP contribution in [0.3, 0.4) is 0 Å². The van der Waals surface area contributed by atoms with Gasteiger partial charge in [0.25, 0.3) is 5.91 Å². The quantitative estimate of drug-likeness (QED) is 0.868. The second-order valence-electron chi connectivity index (χ2n) is 4.14. The average molecular weight is 239 g/mol. The van der Waals surface area contributed by atoms with Gasteiger partial charge in [-0.05, 0) is 25.2 Å². The summed E-state index contributed by atoms with van der Waals surface area (Å²) < 4.78 is 0. The van der Waals surface area contributed by atoms with Gasteiger partial charge in [0.05, 0.1) is 0 Å². The van der Waals surface area contributed by atoms with Crippen molar-refractivity contribution in [2.45, 2.75) is 0 Å². The molecule has 0 radical (unpaired) electrons. The largest absolute Gasteiger partial charge is 0.338 e. The molecule has 0 aliphatic carbocycles. The first-order valence-electron chi connectivity index (χ1n) is 5.40. The minimum atomic E-state index is 0.0786. The lowest BCUT2D eigenvalue weighted by Crippen LogP contribution is -2.52. The van der Waals surface area contributed by atoms with Gasteiger partial charge in [-0.3, -0.25) is 4.79 Å². The Bertz CT molecular complexity index is 388. The zero-order valence-electron chi connectivity index (χ0n) is 9.24. The first-order chi connectivity index (χ1) is 7.70. The molecule has 0 unspecified atom stereocenters. The monoisotopic (exact) mass is 238 g/mol. The predicted molar refractivity (Wildman–Crippen MR) is 64.8 cm³/mol. The molecular weight excluding hydrogens is 224 g/mol. The van der Waals surface area contributed by atoms with Gasteiger partial charge >= 0.3 is 0 Å². The van der Waals surface area contributed by atoms with E-state index in [2.05, 4.69) is 5.32 Å². The Morgan fingerprint density at radius 2 is 2.31 bits per heavy atom. The number of carbonyl (C=O) groups is 1. The standard InChI is InChI=1S/C12H15ClN2O/c1-14-6-9-7-15(8-9)12(16)10-3-2-4-11(13)5-10/h2-5,9,14H,6-8H2,1H3. The molecule has 1 N–H and O–H groups in total. The number of benzene rings is 1. The summed E-state index contributed by atoms with van der Waals surface area (Å²) in [5, 5.41) is 3.73. The molecule has 1 amide bonds. The van der Waals surface area contributed by atoms with E-state index in [1.54, 1.807) is 24.3 Å². The van der Waals surface area contributed by atoms with Gasteiger partial charge in [0.15, 0.2) is 0 Å². The van der Waals surface area contributed by atoms with E-state index in [0.29, 0.717) is 16.5 Å². The van der Waals surface area contributed by atoms with Crippen molar-refractivity contribution in [1.29, 1.82) is 0 Å². The molecule has 4 heteroatoms. The van der Waals surface area contributed by atoms with Crippen LogP contribution in [-0.2, 0) is 0 Å². The lowest BCUT2D eigenvalue weighted by molar-refractivity contribution is 0.0504. The highest BCUT2D eigenvalue weighted by atomic mass is 35.5. The van der Waals surface area contributed by atoms with Crippen LogP contribution < -0.4 is 5.32 Å². The summed E-state index contributed by atoms with van der Waals surface area (Å²) >= 11 is 5.85. The molecule has 1 aromatic carbocycles. The first-order valence-corrected chi connectivity index (χ1v) is 5.78. The van der Waals surface area contributed by atoms with Crippen molar-refractivity contribution < 1.29 is 4.79 Å². The van der Waals surface area contributed by atoms with Crippen LogP contribution in [0.15, 0.2) is 24.3 Å². The van der Waals surface area contributed by atoms with Crippen molar-refractivity contribution in [1.82, 2.24) is 10.2 Å². The number of amides is 1. The predicted octanol–water partition coefficient (Wildman–Crippen LogP) is 1.63. The van der Waals surface area contributed by atoms with E-state index < -0.39 is 0 Å². The van der Waals surface area contributed by atoms with Crippen molar-refractivity contribution in [3.05, 3.63) is 34.9 Å². The Morgan fingerprint density at radius 3 is 2.94 bits per heavy atom. The average Bonchev–Trinajstić information content (AvgIpc) is 2.22. The van der Waals surface area contributed by atoms with Crippen LogP contribution in [0.5, 0.6) is 0 Å². The van der Waals surface area contributed by atoms with Crippen LogP contribution in [0.4, 0.5) is 0 Å². The summed E-state index contributed by atoms with van der Waals surface area (Å²) in [5.41, 5.74) is 0.676. The van der Waals surface area contributed by atoms with Crippen LogP contribution in [0.25, 0.3) is 0 Å². The van der Waals surface area contributed by atoms with E-state index in [1.807, 2.05) is 11.9 Å². The van der Waals surface area contributed by atoms with Gasteiger partial charge in [-0.1, -0.05) is 17.7 Å². The zero-order valence-corrected chi connectivity index (χ0v) is 10.00. The highest BCUT2D eigenvalue weighted by Crippen LogP contribution is 2.19. The Hall–Kier alpha value is -1.06.